The second kappa shape index (κ2) is 8.51. The molecule has 0 radical (unpaired) electrons. The van der Waals surface area contributed by atoms with Crippen molar-refractivity contribution in [2.45, 2.75) is 32.1 Å². The lowest BCUT2D eigenvalue weighted by Gasteiger charge is -2.16. The molecule has 7 heteroatoms. The molecular weight excluding hydrogens is 384 g/mol. The summed E-state index contributed by atoms with van der Waals surface area (Å²) in [5.41, 5.74) is 2.10. The van der Waals surface area contributed by atoms with Crippen molar-refractivity contribution in [1.29, 1.82) is 0 Å². The molecule has 1 aromatic heterocycles. The summed E-state index contributed by atoms with van der Waals surface area (Å²) in [7, 11) is 0. The van der Waals surface area contributed by atoms with E-state index in [0.29, 0.717) is 24.0 Å². The summed E-state index contributed by atoms with van der Waals surface area (Å²) >= 11 is 0. The van der Waals surface area contributed by atoms with Gasteiger partial charge in [0.2, 0.25) is 0 Å². The molecule has 7 nitrogen and oxygen atoms in total. The highest BCUT2D eigenvalue weighted by atomic mass is 16.6. The Kier molecular flexibility index (Phi) is 5.63. The van der Waals surface area contributed by atoms with Gasteiger partial charge in [0, 0.05) is 11.8 Å². The Morgan fingerprint density at radius 1 is 1.07 bits per heavy atom. The number of hydrogen-bond acceptors (Lipinski definition) is 5. The van der Waals surface area contributed by atoms with Crippen LogP contribution in [0.1, 0.15) is 35.0 Å². The summed E-state index contributed by atoms with van der Waals surface area (Å²) in [6.07, 6.45) is 1.95. The molecule has 0 amide bonds. The van der Waals surface area contributed by atoms with Gasteiger partial charge in [0.15, 0.2) is 0 Å². The van der Waals surface area contributed by atoms with Crippen LogP contribution in [0.25, 0.3) is 11.1 Å². The number of esters is 1. The number of carbonyl (C=O) groups excluding carboxylic acids is 1. The summed E-state index contributed by atoms with van der Waals surface area (Å²) in [5, 5.41) is 0. The molecule has 1 aliphatic rings. The largest absolute Gasteiger partial charge is 0.459 e. The number of aromatic amines is 1. The van der Waals surface area contributed by atoms with Crippen molar-refractivity contribution in [3.63, 3.8) is 0 Å². The summed E-state index contributed by atoms with van der Waals surface area (Å²) in [5.74, 6) is -0.418. The van der Waals surface area contributed by atoms with Crippen LogP contribution in [-0.4, -0.2) is 28.2 Å². The monoisotopic (exact) mass is 406 g/mol. The Labute approximate surface area is 172 Å². The van der Waals surface area contributed by atoms with Gasteiger partial charge in [-0.25, -0.2) is 9.59 Å². The third-order valence-corrected chi connectivity index (χ3v) is 5.17. The fourth-order valence-corrected chi connectivity index (χ4v) is 3.50. The summed E-state index contributed by atoms with van der Waals surface area (Å²) in [6, 6.07) is 17.2. The van der Waals surface area contributed by atoms with Crippen LogP contribution in [-0.2, 0) is 9.47 Å². The molecule has 0 unspecified atom stereocenters. The van der Waals surface area contributed by atoms with Crippen LogP contribution in [0, 0.1) is 6.92 Å². The second-order valence-corrected chi connectivity index (χ2v) is 7.31. The van der Waals surface area contributed by atoms with E-state index in [0.717, 1.165) is 11.1 Å². The van der Waals surface area contributed by atoms with Gasteiger partial charge in [-0.2, -0.15) is 0 Å². The van der Waals surface area contributed by atoms with E-state index in [-0.39, 0.29) is 12.7 Å². The van der Waals surface area contributed by atoms with Crippen LogP contribution in [0.15, 0.2) is 70.4 Å². The minimum absolute atomic E-state index is 0.104. The number of rotatable bonds is 5. The first-order valence-corrected chi connectivity index (χ1v) is 9.81. The molecule has 30 heavy (non-hydrogen) atoms. The van der Waals surface area contributed by atoms with Crippen molar-refractivity contribution in [2.75, 3.05) is 6.61 Å². The Morgan fingerprint density at radius 3 is 2.50 bits per heavy atom. The predicted octanol–water partition coefficient (Wildman–Crippen LogP) is 3.05. The average Bonchev–Trinajstić information content (AvgIpc) is 3.24. The molecular formula is C23H22N2O5. The molecule has 1 saturated heterocycles. The van der Waals surface area contributed by atoms with E-state index in [1.807, 2.05) is 42.5 Å². The molecule has 3 aromatic rings. The van der Waals surface area contributed by atoms with E-state index in [1.165, 1.54) is 10.8 Å². The lowest BCUT2D eigenvalue weighted by Crippen LogP contribution is -2.33. The maximum Gasteiger partial charge on any atom is 0.338 e. The van der Waals surface area contributed by atoms with Gasteiger partial charge in [0.05, 0.1) is 11.7 Å². The quantitative estimate of drug-likeness (QED) is 0.658. The summed E-state index contributed by atoms with van der Waals surface area (Å²) in [4.78, 5) is 38.2. The number of nitrogens with zero attached hydrogens (tertiary/aromatic N) is 1. The van der Waals surface area contributed by atoms with E-state index in [2.05, 4.69) is 4.98 Å². The molecule has 1 fully saturated rings. The fraction of sp³-hybridized carbons (Fsp3) is 0.261. The van der Waals surface area contributed by atoms with Gasteiger partial charge in [-0.15, -0.1) is 0 Å². The van der Waals surface area contributed by atoms with Crippen LogP contribution in [0.5, 0.6) is 0 Å². The van der Waals surface area contributed by atoms with Crippen LogP contribution in [0.2, 0.25) is 0 Å². The molecule has 2 atom stereocenters. The first-order valence-electron chi connectivity index (χ1n) is 9.81. The average molecular weight is 406 g/mol. The Bertz CT molecular complexity index is 1150. The predicted molar refractivity (Wildman–Crippen MR) is 111 cm³/mol. The van der Waals surface area contributed by atoms with Gasteiger partial charge >= 0.3 is 11.7 Å². The van der Waals surface area contributed by atoms with E-state index in [1.54, 1.807) is 19.1 Å². The highest BCUT2D eigenvalue weighted by Gasteiger charge is 2.28. The third-order valence-electron chi connectivity index (χ3n) is 5.17. The molecule has 0 saturated carbocycles. The minimum Gasteiger partial charge on any atom is -0.459 e. The second-order valence-electron chi connectivity index (χ2n) is 7.31. The molecule has 1 aliphatic heterocycles. The molecule has 0 aliphatic carbocycles. The SMILES string of the molecule is Cc1cn([C@H]2CC[C@@H](COC(=O)c3ccc(-c4ccccc4)cc3)O2)c(=O)[nH]c1=O. The zero-order valence-electron chi connectivity index (χ0n) is 16.5. The number of benzene rings is 2. The number of ether oxygens (including phenoxy) is 2. The molecule has 4 rings (SSSR count). The number of aromatic nitrogens is 2. The minimum atomic E-state index is -0.508. The topological polar surface area (TPSA) is 90.4 Å². The number of nitrogens with one attached hydrogen (secondary N) is 1. The Balaban J connectivity index is 1.34. The van der Waals surface area contributed by atoms with E-state index in [9.17, 15) is 14.4 Å². The molecule has 0 bridgehead atoms. The van der Waals surface area contributed by atoms with Crippen molar-refractivity contribution in [3.05, 3.63) is 92.8 Å². The zero-order chi connectivity index (χ0) is 21.1. The fourth-order valence-electron chi connectivity index (χ4n) is 3.50. The maximum absolute atomic E-state index is 12.4. The van der Waals surface area contributed by atoms with E-state index in [4.69, 9.17) is 9.47 Å². The first kappa shape index (κ1) is 19.8. The van der Waals surface area contributed by atoms with Crippen molar-refractivity contribution in [2.24, 2.45) is 0 Å². The van der Waals surface area contributed by atoms with Crippen LogP contribution in [0.4, 0.5) is 0 Å². The van der Waals surface area contributed by atoms with Gasteiger partial charge < -0.3 is 9.47 Å². The highest BCUT2D eigenvalue weighted by Crippen LogP contribution is 2.27. The lowest BCUT2D eigenvalue weighted by molar-refractivity contribution is -0.0340. The van der Waals surface area contributed by atoms with E-state index < -0.39 is 23.4 Å². The van der Waals surface area contributed by atoms with Crippen molar-refractivity contribution >= 4 is 5.97 Å². The van der Waals surface area contributed by atoms with Crippen LogP contribution < -0.4 is 11.2 Å². The van der Waals surface area contributed by atoms with E-state index >= 15 is 0 Å². The van der Waals surface area contributed by atoms with Crippen molar-refractivity contribution in [3.8, 4) is 11.1 Å². The lowest BCUT2D eigenvalue weighted by atomic mass is 10.0. The van der Waals surface area contributed by atoms with Gasteiger partial charge in [-0.1, -0.05) is 42.5 Å². The normalized spacial score (nSPS) is 18.3. The molecule has 1 N–H and O–H groups in total. The van der Waals surface area contributed by atoms with Crippen molar-refractivity contribution in [1.82, 2.24) is 9.55 Å². The Hall–Kier alpha value is -3.45. The smallest absolute Gasteiger partial charge is 0.338 e. The first-order chi connectivity index (χ1) is 14.5. The third kappa shape index (κ3) is 4.26. The zero-order valence-corrected chi connectivity index (χ0v) is 16.5. The van der Waals surface area contributed by atoms with Gasteiger partial charge in [-0.05, 0) is 43.0 Å². The number of aryl methyl sites for hydroxylation is 1. The van der Waals surface area contributed by atoms with Crippen LogP contribution in [0.3, 0.4) is 0 Å². The summed E-state index contributed by atoms with van der Waals surface area (Å²) < 4.78 is 12.6. The number of H-pyrrole nitrogens is 1. The van der Waals surface area contributed by atoms with Gasteiger partial charge in [0.25, 0.3) is 5.56 Å². The number of carbonyl (C=O) groups is 1. The van der Waals surface area contributed by atoms with Crippen molar-refractivity contribution < 1.29 is 14.3 Å². The Morgan fingerprint density at radius 2 is 1.77 bits per heavy atom. The number of hydrogen-bond donors (Lipinski definition) is 1. The van der Waals surface area contributed by atoms with Gasteiger partial charge in [-0.3, -0.25) is 14.3 Å². The molecule has 2 aromatic carbocycles. The molecule has 0 spiro atoms. The summed E-state index contributed by atoms with van der Waals surface area (Å²) in [6.45, 7) is 1.74. The highest BCUT2D eigenvalue weighted by molar-refractivity contribution is 5.90. The van der Waals surface area contributed by atoms with Crippen LogP contribution >= 0.6 is 0 Å². The maximum atomic E-state index is 12.4. The standard InChI is InChI=1S/C23H22N2O5/c1-15-13-25(23(28)24-21(15)26)20-12-11-19(30-20)14-29-22(27)18-9-7-17(8-10-18)16-5-3-2-4-6-16/h2-10,13,19-20H,11-12,14H2,1H3,(H,24,26,28)/t19-,20+/m0/s1. The molecule has 154 valence electrons. The molecule has 2 heterocycles. The van der Waals surface area contributed by atoms with Gasteiger partial charge in [0.1, 0.15) is 12.8 Å².